The van der Waals surface area contributed by atoms with Crippen LogP contribution >= 0.6 is 0 Å². The molecule has 0 aliphatic heterocycles. The summed E-state index contributed by atoms with van der Waals surface area (Å²) in [5.74, 6) is -0.982. The highest BCUT2D eigenvalue weighted by Crippen LogP contribution is 2.18. The van der Waals surface area contributed by atoms with E-state index < -0.39 is 12.0 Å². The average Bonchev–Trinajstić information content (AvgIpc) is 2.56. The first-order valence-electron chi connectivity index (χ1n) is 7.88. The fourth-order valence-electron chi connectivity index (χ4n) is 2.41. The van der Waals surface area contributed by atoms with Gasteiger partial charge in [0, 0.05) is 23.4 Å². The summed E-state index contributed by atoms with van der Waals surface area (Å²) in [5.41, 5.74) is 9.44. The van der Waals surface area contributed by atoms with Crippen molar-refractivity contribution in [3.8, 4) is 0 Å². The van der Waals surface area contributed by atoms with Crippen LogP contribution in [0.1, 0.15) is 40.4 Å². The number of aliphatic carboxylic acids is 1. The molecule has 0 bridgehead atoms. The second-order valence-corrected chi connectivity index (χ2v) is 5.79. The van der Waals surface area contributed by atoms with Crippen LogP contribution in [0, 0.1) is 6.92 Å². The molecule has 4 N–H and O–H groups in total. The predicted molar refractivity (Wildman–Crippen MR) is 94.0 cm³/mol. The first-order valence-corrected chi connectivity index (χ1v) is 7.88. The van der Waals surface area contributed by atoms with E-state index in [0.29, 0.717) is 35.3 Å². The number of carbonyl (C=O) groups excluding carboxylic acids is 1. The maximum absolute atomic E-state index is 12.6. The van der Waals surface area contributed by atoms with Crippen molar-refractivity contribution in [3.05, 3.63) is 64.7 Å². The number of carboxylic acid groups (broad SMARTS) is 1. The Morgan fingerprint density at radius 1 is 1.12 bits per heavy atom. The molecule has 24 heavy (non-hydrogen) atoms. The van der Waals surface area contributed by atoms with Crippen LogP contribution < -0.4 is 11.1 Å². The Bertz CT molecular complexity index is 739. The SMILES string of the molecule is CCC(NCc1cc(C(=O)c2ccc(C)cc2)ccc1N)C(=O)O. The molecule has 0 spiro atoms. The molecular formula is C19H22N2O3. The number of carboxylic acids is 1. The summed E-state index contributed by atoms with van der Waals surface area (Å²) in [5, 5.41) is 12.0. The second-order valence-electron chi connectivity index (χ2n) is 5.79. The van der Waals surface area contributed by atoms with Crippen LogP contribution in [0.15, 0.2) is 42.5 Å². The molecule has 5 heteroatoms. The Morgan fingerprint density at radius 3 is 2.33 bits per heavy atom. The predicted octanol–water partition coefficient (Wildman–Crippen LogP) is 2.76. The number of ketones is 1. The van der Waals surface area contributed by atoms with E-state index in [9.17, 15) is 9.59 Å². The summed E-state index contributed by atoms with van der Waals surface area (Å²) in [6.07, 6.45) is 0.469. The number of carbonyl (C=O) groups is 2. The van der Waals surface area contributed by atoms with Crippen LogP contribution in [-0.4, -0.2) is 22.9 Å². The maximum atomic E-state index is 12.6. The lowest BCUT2D eigenvalue weighted by Gasteiger charge is -2.14. The first kappa shape index (κ1) is 17.7. The normalized spacial score (nSPS) is 11.9. The van der Waals surface area contributed by atoms with Crippen molar-refractivity contribution in [2.24, 2.45) is 0 Å². The number of nitrogen functional groups attached to an aromatic ring is 1. The third kappa shape index (κ3) is 4.20. The van der Waals surface area contributed by atoms with Gasteiger partial charge in [0.05, 0.1) is 0 Å². The molecule has 0 amide bonds. The number of benzene rings is 2. The highest BCUT2D eigenvalue weighted by atomic mass is 16.4. The van der Waals surface area contributed by atoms with E-state index in [0.717, 1.165) is 5.56 Å². The fraction of sp³-hybridized carbons (Fsp3) is 0.263. The molecule has 0 saturated carbocycles. The van der Waals surface area contributed by atoms with Crippen LogP contribution in [0.5, 0.6) is 0 Å². The molecular weight excluding hydrogens is 304 g/mol. The lowest BCUT2D eigenvalue weighted by molar-refractivity contribution is -0.139. The van der Waals surface area contributed by atoms with Crippen molar-refractivity contribution < 1.29 is 14.7 Å². The van der Waals surface area contributed by atoms with E-state index in [1.54, 1.807) is 37.3 Å². The Kier molecular flexibility index (Phi) is 5.71. The molecule has 0 aliphatic rings. The zero-order valence-corrected chi connectivity index (χ0v) is 13.9. The molecule has 0 aromatic heterocycles. The third-order valence-corrected chi connectivity index (χ3v) is 3.96. The molecule has 0 fully saturated rings. The molecule has 2 rings (SSSR count). The summed E-state index contributed by atoms with van der Waals surface area (Å²) in [4.78, 5) is 23.6. The maximum Gasteiger partial charge on any atom is 0.320 e. The topological polar surface area (TPSA) is 92.4 Å². The number of nitrogens with two attached hydrogens (primary N) is 1. The van der Waals surface area contributed by atoms with Crippen molar-refractivity contribution in [1.82, 2.24) is 5.32 Å². The van der Waals surface area contributed by atoms with Crippen LogP contribution in [0.25, 0.3) is 0 Å². The quantitative estimate of drug-likeness (QED) is 0.537. The molecule has 1 atom stereocenters. The van der Waals surface area contributed by atoms with E-state index in [4.69, 9.17) is 10.8 Å². The van der Waals surface area contributed by atoms with Gasteiger partial charge in [-0.1, -0.05) is 36.8 Å². The van der Waals surface area contributed by atoms with Gasteiger partial charge in [0.25, 0.3) is 0 Å². The summed E-state index contributed by atoms with van der Waals surface area (Å²) in [6.45, 7) is 4.06. The lowest BCUT2D eigenvalue weighted by Crippen LogP contribution is -2.35. The van der Waals surface area contributed by atoms with Gasteiger partial charge in [-0.15, -0.1) is 0 Å². The smallest absolute Gasteiger partial charge is 0.320 e. The Hall–Kier alpha value is -2.66. The van der Waals surface area contributed by atoms with Gasteiger partial charge in [0.15, 0.2) is 5.78 Å². The summed E-state index contributed by atoms with van der Waals surface area (Å²) < 4.78 is 0. The zero-order chi connectivity index (χ0) is 17.7. The van der Waals surface area contributed by atoms with Crippen molar-refractivity contribution >= 4 is 17.4 Å². The van der Waals surface area contributed by atoms with Crippen molar-refractivity contribution in [3.63, 3.8) is 0 Å². The van der Waals surface area contributed by atoms with Gasteiger partial charge in [-0.25, -0.2) is 0 Å². The molecule has 0 radical (unpaired) electrons. The molecule has 5 nitrogen and oxygen atoms in total. The van der Waals surface area contributed by atoms with Gasteiger partial charge in [-0.05, 0) is 37.1 Å². The third-order valence-electron chi connectivity index (χ3n) is 3.96. The lowest BCUT2D eigenvalue weighted by atomic mass is 9.99. The largest absolute Gasteiger partial charge is 0.480 e. The Labute approximate surface area is 141 Å². The van der Waals surface area contributed by atoms with Crippen molar-refractivity contribution in [1.29, 1.82) is 0 Å². The minimum absolute atomic E-state index is 0.0819. The Morgan fingerprint density at radius 2 is 1.75 bits per heavy atom. The first-order chi connectivity index (χ1) is 11.4. The highest BCUT2D eigenvalue weighted by Gasteiger charge is 2.15. The fourth-order valence-corrected chi connectivity index (χ4v) is 2.41. The van der Waals surface area contributed by atoms with Crippen LogP contribution in [-0.2, 0) is 11.3 Å². The van der Waals surface area contributed by atoms with Gasteiger partial charge in [0.1, 0.15) is 6.04 Å². The minimum atomic E-state index is -0.900. The van der Waals surface area contributed by atoms with Crippen molar-refractivity contribution in [2.75, 3.05) is 5.73 Å². The van der Waals surface area contributed by atoms with E-state index in [1.165, 1.54) is 0 Å². The van der Waals surface area contributed by atoms with E-state index in [-0.39, 0.29) is 5.78 Å². The second kappa shape index (κ2) is 7.75. The molecule has 1 unspecified atom stereocenters. The zero-order valence-electron chi connectivity index (χ0n) is 13.9. The van der Waals surface area contributed by atoms with Crippen molar-refractivity contribution in [2.45, 2.75) is 32.9 Å². The van der Waals surface area contributed by atoms with Crippen LogP contribution in [0.4, 0.5) is 5.69 Å². The summed E-state index contributed by atoms with van der Waals surface area (Å²) in [6, 6.07) is 11.8. The van der Waals surface area contributed by atoms with Gasteiger partial charge in [-0.3, -0.25) is 9.59 Å². The Balaban J connectivity index is 2.20. The standard InChI is InChI=1S/C19H22N2O3/c1-3-17(19(23)24)21-11-15-10-14(8-9-16(15)20)18(22)13-6-4-12(2)5-7-13/h4-10,17,21H,3,11,20H2,1-2H3,(H,23,24). The average molecular weight is 326 g/mol. The van der Waals surface area contributed by atoms with Crippen LogP contribution in [0.2, 0.25) is 0 Å². The number of rotatable bonds is 7. The van der Waals surface area contributed by atoms with Gasteiger partial charge >= 0.3 is 5.97 Å². The number of hydrogen-bond donors (Lipinski definition) is 3. The van der Waals surface area contributed by atoms with Gasteiger partial charge in [-0.2, -0.15) is 0 Å². The number of hydrogen-bond acceptors (Lipinski definition) is 4. The molecule has 2 aromatic rings. The van der Waals surface area contributed by atoms with E-state index in [1.807, 2.05) is 19.1 Å². The molecule has 0 heterocycles. The van der Waals surface area contributed by atoms with Gasteiger partial charge < -0.3 is 16.2 Å². The van der Waals surface area contributed by atoms with Gasteiger partial charge in [0.2, 0.25) is 0 Å². The summed E-state index contributed by atoms with van der Waals surface area (Å²) in [7, 11) is 0. The number of nitrogens with one attached hydrogen (secondary N) is 1. The molecule has 126 valence electrons. The van der Waals surface area contributed by atoms with Crippen LogP contribution in [0.3, 0.4) is 0 Å². The van der Waals surface area contributed by atoms with E-state index in [2.05, 4.69) is 5.32 Å². The summed E-state index contributed by atoms with van der Waals surface area (Å²) >= 11 is 0. The van der Waals surface area contributed by atoms with E-state index >= 15 is 0 Å². The molecule has 0 saturated heterocycles. The highest BCUT2D eigenvalue weighted by molar-refractivity contribution is 6.09. The number of aryl methyl sites for hydroxylation is 1. The molecule has 2 aromatic carbocycles. The molecule has 0 aliphatic carbocycles. The number of anilines is 1. The minimum Gasteiger partial charge on any atom is -0.480 e. The monoisotopic (exact) mass is 326 g/mol.